The first-order valence-electron chi connectivity index (χ1n) is 9.10. The van der Waals surface area contributed by atoms with Gasteiger partial charge in [-0.2, -0.15) is 0 Å². The number of anilines is 1. The predicted molar refractivity (Wildman–Crippen MR) is 105 cm³/mol. The number of nitrogens with zero attached hydrogens (tertiary/aromatic N) is 1. The van der Waals surface area contributed by atoms with Gasteiger partial charge in [-0.1, -0.05) is 6.07 Å². The fourth-order valence-electron chi connectivity index (χ4n) is 3.87. The van der Waals surface area contributed by atoms with Gasteiger partial charge in [0, 0.05) is 17.5 Å². The molecule has 1 aliphatic heterocycles. The van der Waals surface area contributed by atoms with Gasteiger partial charge < -0.3 is 18.8 Å². The molecule has 4 rings (SSSR count). The largest absolute Gasteiger partial charge is 0.497 e. The van der Waals surface area contributed by atoms with E-state index in [1.54, 1.807) is 19.1 Å². The molecule has 0 N–H and O–H groups in total. The lowest BCUT2D eigenvalue weighted by Crippen LogP contribution is -2.36. The van der Waals surface area contributed by atoms with Gasteiger partial charge in [-0.15, -0.1) is 0 Å². The maximum absolute atomic E-state index is 13.4. The molecule has 1 amide bonds. The third-order valence-corrected chi connectivity index (χ3v) is 5.36. The van der Waals surface area contributed by atoms with Crippen LogP contribution in [-0.2, 0) is 6.42 Å². The van der Waals surface area contributed by atoms with Gasteiger partial charge in [0.1, 0.15) is 17.1 Å². The van der Waals surface area contributed by atoms with Gasteiger partial charge in [-0.3, -0.25) is 4.79 Å². The van der Waals surface area contributed by atoms with Crippen molar-refractivity contribution >= 4 is 22.6 Å². The van der Waals surface area contributed by atoms with Crippen LogP contribution in [0.1, 0.15) is 33.7 Å². The molecule has 0 atom stereocenters. The number of ether oxygens (including phenoxy) is 2. The van der Waals surface area contributed by atoms with Crippen LogP contribution in [0.3, 0.4) is 0 Å². The number of carbonyl (C=O) groups is 1. The van der Waals surface area contributed by atoms with Crippen LogP contribution >= 0.6 is 0 Å². The summed E-state index contributed by atoms with van der Waals surface area (Å²) in [6, 6.07) is 9.55. The second-order valence-corrected chi connectivity index (χ2v) is 6.89. The fourth-order valence-corrected chi connectivity index (χ4v) is 3.87. The van der Waals surface area contributed by atoms with E-state index in [9.17, 15) is 4.79 Å². The first-order chi connectivity index (χ1) is 13.0. The summed E-state index contributed by atoms with van der Waals surface area (Å²) < 4.78 is 16.8. The third-order valence-electron chi connectivity index (χ3n) is 5.36. The average Bonchev–Trinajstić information content (AvgIpc) is 3.03. The minimum absolute atomic E-state index is 0.132. The number of aryl methyl sites for hydroxylation is 2. The number of furan rings is 1. The first kappa shape index (κ1) is 17.5. The van der Waals surface area contributed by atoms with Crippen molar-refractivity contribution in [3.05, 3.63) is 52.8 Å². The van der Waals surface area contributed by atoms with Crippen LogP contribution in [0.25, 0.3) is 11.0 Å². The highest BCUT2D eigenvalue weighted by Crippen LogP contribution is 2.40. The molecular weight excluding hydrogens is 342 g/mol. The van der Waals surface area contributed by atoms with Crippen molar-refractivity contribution in [1.82, 2.24) is 0 Å². The molecule has 140 valence electrons. The molecule has 5 heteroatoms. The molecule has 0 fully saturated rings. The zero-order valence-corrected chi connectivity index (χ0v) is 16.1. The van der Waals surface area contributed by atoms with Crippen LogP contribution in [0.5, 0.6) is 11.5 Å². The summed E-state index contributed by atoms with van der Waals surface area (Å²) in [5.74, 6) is 1.70. The number of methoxy groups -OCH3 is 2. The Morgan fingerprint density at radius 2 is 1.93 bits per heavy atom. The topological polar surface area (TPSA) is 51.9 Å². The first-order valence-corrected chi connectivity index (χ1v) is 9.10. The van der Waals surface area contributed by atoms with Crippen molar-refractivity contribution < 1.29 is 18.7 Å². The Kier molecular flexibility index (Phi) is 4.30. The Bertz CT molecular complexity index is 1030. The van der Waals surface area contributed by atoms with Gasteiger partial charge in [0.15, 0.2) is 5.76 Å². The molecule has 5 nitrogen and oxygen atoms in total. The molecule has 0 unspecified atom stereocenters. The van der Waals surface area contributed by atoms with E-state index in [1.807, 2.05) is 37.3 Å². The molecule has 0 radical (unpaired) electrons. The third kappa shape index (κ3) is 2.74. The number of carbonyl (C=O) groups excluding carboxylic acids is 1. The number of hydrogen-bond acceptors (Lipinski definition) is 4. The summed E-state index contributed by atoms with van der Waals surface area (Å²) in [6.45, 7) is 4.63. The Labute approximate surface area is 158 Å². The van der Waals surface area contributed by atoms with Crippen molar-refractivity contribution in [1.29, 1.82) is 0 Å². The van der Waals surface area contributed by atoms with E-state index in [0.29, 0.717) is 17.9 Å². The molecule has 0 saturated heterocycles. The zero-order valence-electron chi connectivity index (χ0n) is 16.1. The normalized spacial score (nSPS) is 13.6. The maximum Gasteiger partial charge on any atom is 0.294 e. The molecule has 1 aliphatic rings. The van der Waals surface area contributed by atoms with E-state index in [1.165, 1.54) is 11.1 Å². The van der Waals surface area contributed by atoms with Crippen LogP contribution in [0, 0.1) is 13.8 Å². The minimum Gasteiger partial charge on any atom is -0.497 e. The van der Waals surface area contributed by atoms with Gasteiger partial charge >= 0.3 is 0 Å². The van der Waals surface area contributed by atoms with Crippen molar-refractivity contribution in [3.63, 3.8) is 0 Å². The average molecular weight is 365 g/mol. The summed E-state index contributed by atoms with van der Waals surface area (Å²) in [6.07, 6.45) is 1.86. The Balaban J connectivity index is 1.83. The smallest absolute Gasteiger partial charge is 0.294 e. The molecular formula is C22H23NO4. The van der Waals surface area contributed by atoms with E-state index in [-0.39, 0.29) is 5.91 Å². The quantitative estimate of drug-likeness (QED) is 0.677. The highest BCUT2D eigenvalue weighted by molar-refractivity contribution is 6.09. The van der Waals surface area contributed by atoms with Crippen LogP contribution in [0.15, 0.2) is 34.7 Å². The van der Waals surface area contributed by atoms with E-state index >= 15 is 0 Å². The Morgan fingerprint density at radius 3 is 2.67 bits per heavy atom. The van der Waals surface area contributed by atoms with Gasteiger partial charge in [0.2, 0.25) is 0 Å². The van der Waals surface area contributed by atoms with E-state index in [0.717, 1.165) is 41.0 Å². The van der Waals surface area contributed by atoms with Gasteiger partial charge in [0.25, 0.3) is 5.91 Å². The van der Waals surface area contributed by atoms with Gasteiger partial charge in [0.05, 0.1) is 19.9 Å². The molecule has 0 saturated carbocycles. The summed E-state index contributed by atoms with van der Waals surface area (Å²) in [4.78, 5) is 15.2. The van der Waals surface area contributed by atoms with E-state index in [4.69, 9.17) is 13.9 Å². The standard InChI is InChI=1S/C22H23NO4/c1-13-7-9-19(26-4)20-16(13)6-5-11-23(20)22(24)21-14(2)17-12-15(25-3)8-10-18(17)27-21/h7-10,12H,5-6,11H2,1-4H3. The lowest BCUT2D eigenvalue weighted by molar-refractivity contribution is 0.0959. The molecule has 27 heavy (non-hydrogen) atoms. The monoisotopic (exact) mass is 365 g/mol. The zero-order chi connectivity index (χ0) is 19.1. The van der Waals surface area contributed by atoms with E-state index < -0.39 is 0 Å². The van der Waals surface area contributed by atoms with Crippen LogP contribution in [0.4, 0.5) is 5.69 Å². The van der Waals surface area contributed by atoms with Crippen molar-refractivity contribution in [2.24, 2.45) is 0 Å². The highest BCUT2D eigenvalue weighted by atomic mass is 16.5. The number of hydrogen-bond donors (Lipinski definition) is 0. The second-order valence-electron chi connectivity index (χ2n) is 6.89. The molecule has 0 spiro atoms. The highest BCUT2D eigenvalue weighted by Gasteiger charge is 2.31. The molecule has 0 bridgehead atoms. The summed E-state index contributed by atoms with van der Waals surface area (Å²) in [7, 11) is 3.27. The summed E-state index contributed by atoms with van der Waals surface area (Å²) in [5.41, 5.74) is 4.72. The maximum atomic E-state index is 13.4. The van der Waals surface area contributed by atoms with E-state index in [2.05, 4.69) is 6.92 Å². The second kappa shape index (κ2) is 6.65. The summed E-state index contributed by atoms with van der Waals surface area (Å²) in [5, 5.41) is 0.895. The number of benzene rings is 2. The molecule has 2 aromatic carbocycles. The number of fused-ring (bicyclic) bond motifs is 2. The van der Waals surface area contributed by atoms with Crippen molar-refractivity contribution in [2.45, 2.75) is 26.7 Å². The Morgan fingerprint density at radius 1 is 1.11 bits per heavy atom. The fraction of sp³-hybridized carbons (Fsp3) is 0.318. The number of rotatable bonds is 3. The lowest BCUT2D eigenvalue weighted by atomic mass is 9.96. The van der Waals surface area contributed by atoms with Gasteiger partial charge in [-0.05, 0) is 62.1 Å². The van der Waals surface area contributed by atoms with Crippen LogP contribution in [0.2, 0.25) is 0 Å². The number of amides is 1. The van der Waals surface area contributed by atoms with Crippen LogP contribution in [-0.4, -0.2) is 26.7 Å². The minimum atomic E-state index is -0.132. The van der Waals surface area contributed by atoms with Crippen molar-refractivity contribution in [3.8, 4) is 11.5 Å². The van der Waals surface area contributed by atoms with Gasteiger partial charge in [-0.25, -0.2) is 0 Å². The Hall–Kier alpha value is -2.95. The molecule has 3 aromatic rings. The molecule has 1 aromatic heterocycles. The summed E-state index contributed by atoms with van der Waals surface area (Å²) >= 11 is 0. The predicted octanol–water partition coefficient (Wildman–Crippen LogP) is 4.66. The lowest BCUT2D eigenvalue weighted by Gasteiger charge is -2.31. The SMILES string of the molecule is COc1ccc2oc(C(=O)N3CCCc4c(C)ccc(OC)c43)c(C)c2c1. The molecule has 2 heterocycles. The van der Waals surface area contributed by atoms with Crippen LogP contribution < -0.4 is 14.4 Å². The molecule has 0 aliphatic carbocycles. The van der Waals surface area contributed by atoms with Crippen molar-refractivity contribution in [2.75, 3.05) is 25.7 Å².